The van der Waals surface area contributed by atoms with Crippen LogP contribution in [0.15, 0.2) is 17.6 Å². The fraction of sp³-hybridized carbons (Fsp3) is 0.444. The first kappa shape index (κ1) is 10.3. The molecule has 0 unspecified atom stereocenters. The smallest absolute Gasteiger partial charge is 0.0893 e. The first-order valence-corrected chi connectivity index (χ1v) is 5.63. The zero-order chi connectivity index (χ0) is 10.5. The number of hydrogen-bond donors (Lipinski definition) is 1. The molecular weight excluding hydrogens is 210 g/mol. The normalized spacial score (nSPS) is 10.7. The summed E-state index contributed by atoms with van der Waals surface area (Å²) in [6.45, 7) is 1.71. The van der Waals surface area contributed by atoms with Crippen LogP contribution in [0.5, 0.6) is 0 Å². The molecule has 80 valence electrons. The highest BCUT2D eigenvalue weighted by atomic mass is 32.1. The molecule has 0 fully saturated rings. The minimum Gasteiger partial charge on any atom is -0.311 e. The van der Waals surface area contributed by atoms with Crippen LogP contribution in [0.4, 0.5) is 0 Å². The SMILES string of the molecule is Cn1nccc1CCNCc1csnn1. The Morgan fingerprint density at radius 2 is 2.47 bits per heavy atom. The van der Waals surface area contributed by atoms with Gasteiger partial charge in [0, 0.05) is 43.8 Å². The third-order valence-electron chi connectivity index (χ3n) is 2.19. The maximum atomic E-state index is 4.11. The first-order valence-electron chi connectivity index (χ1n) is 4.80. The lowest BCUT2D eigenvalue weighted by molar-refractivity contribution is 0.636. The van der Waals surface area contributed by atoms with Gasteiger partial charge in [-0.25, -0.2) is 0 Å². The van der Waals surface area contributed by atoms with Gasteiger partial charge in [0.05, 0.1) is 5.69 Å². The summed E-state index contributed by atoms with van der Waals surface area (Å²) in [5.41, 5.74) is 2.24. The van der Waals surface area contributed by atoms with Gasteiger partial charge in [0.15, 0.2) is 0 Å². The van der Waals surface area contributed by atoms with Crippen LogP contribution in [0.3, 0.4) is 0 Å². The summed E-state index contributed by atoms with van der Waals surface area (Å²) in [6.07, 6.45) is 2.80. The Bertz CT molecular complexity index is 394. The molecule has 1 N–H and O–H groups in total. The molecule has 0 atom stereocenters. The van der Waals surface area contributed by atoms with Crippen molar-refractivity contribution in [3.05, 3.63) is 29.0 Å². The van der Waals surface area contributed by atoms with Crippen molar-refractivity contribution in [2.24, 2.45) is 7.05 Å². The van der Waals surface area contributed by atoms with Crippen LogP contribution in [-0.2, 0) is 20.0 Å². The quantitative estimate of drug-likeness (QED) is 0.754. The molecule has 2 aromatic rings. The second kappa shape index (κ2) is 4.99. The van der Waals surface area contributed by atoms with Crippen LogP contribution in [0.1, 0.15) is 11.4 Å². The average Bonchev–Trinajstić information content (AvgIpc) is 2.85. The molecule has 0 bridgehead atoms. The van der Waals surface area contributed by atoms with Crippen LogP contribution in [0.25, 0.3) is 0 Å². The van der Waals surface area contributed by atoms with Gasteiger partial charge in [-0.3, -0.25) is 4.68 Å². The summed E-state index contributed by atoms with van der Waals surface area (Å²) >= 11 is 1.38. The second-order valence-corrected chi connectivity index (χ2v) is 3.88. The second-order valence-electron chi connectivity index (χ2n) is 3.27. The molecule has 6 heteroatoms. The fourth-order valence-corrected chi connectivity index (χ4v) is 1.79. The summed E-state index contributed by atoms with van der Waals surface area (Å²) in [4.78, 5) is 0. The third-order valence-corrected chi connectivity index (χ3v) is 2.75. The van der Waals surface area contributed by atoms with Gasteiger partial charge in [-0.15, -0.1) is 5.10 Å². The molecular formula is C9H13N5S. The highest BCUT2D eigenvalue weighted by Crippen LogP contribution is 1.98. The van der Waals surface area contributed by atoms with Gasteiger partial charge in [-0.1, -0.05) is 4.49 Å². The first-order chi connectivity index (χ1) is 7.36. The molecule has 5 nitrogen and oxygen atoms in total. The van der Waals surface area contributed by atoms with E-state index < -0.39 is 0 Å². The standard InChI is InChI=1S/C9H13N5S/c1-14-9(3-5-11-14)2-4-10-6-8-7-15-13-12-8/h3,5,7,10H,2,4,6H2,1H3. The molecule has 2 heterocycles. The summed E-state index contributed by atoms with van der Waals surface area (Å²) < 4.78 is 5.70. The van der Waals surface area contributed by atoms with Gasteiger partial charge in [0.25, 0.3) is 0 Å². The molecule has 0 aromatic carbocycles. The van der Waals surface area contributed by atoms with Gasteiger partial charge in [0.2, 0.25) is 0 Å². The Balaban J connectivity index is 1.70. The molecule has 2 rings (SSSR count). The molecule has 0 aliphatic rings. The van der Waals surface area contributed by atoms with E-state index in [1.165, 1.54) is 17.2 Å². The van der Waals surface area contributed by atoms with Gasteiger partial charge >= 0.3 is 0 Å². The zero-order valence-electron chi connectivity index (χ0n) is 8.55. The number of aromatic nitrogens is 4. The summed E-state index contributed by atoms with van der Waals surface area (Å²) in [7, 11) is 1.96. The zero-order valence-corrected chi connectivity index (χ0v) is 9.37. The van der Waals surface area contributed by atoms with E-state index in [1.54, 1.807) is 0 Å². The van der Waals surface area contributed by atoms with E-state index in [1.807, 2.05) is 29.4 Å². The number of nitrogens with one attached hydrogen (secondary N) is 1. The molecule has 0 spiro atoms. The highest BCUT2D eigenvalue weighted by molar-refractivity contribution is 7.03. The predicted octanol–water partition coefficient (Wildman–Crippen LogP) is 0.604. The van der Waals surface area contributed by atoms with E-state index in [4.69, 9.17) is 0 Å². The van der Waals surface area contributed by atoms with E-state index in [9.17, 15) is 0 Å². The van der Waals surface area contributed by atoms with Crippen molar-refractivity contribution in [3.63, 3.8) is 0 Å². The maximum Gasteiger partial charge on any atom is 0.0893 e. The summed E-state index contributed by atoms with van der Waals surface area (Å²) in [5.74, 6) is 0. The lowest BCUT2D eigenvalue weighted by Gasteiger charge is -2.02. The van der Waals surface area contributed by atoms with Crippen molar-refractivity contribution in [3.8, 4) is 0 Å². The van der Waals surface area contributed by atoms with Crippen LogP contribution in [0.2, 0.25) is 0 Å². The molecule has 0 saturated heterocycles. The third kappa shape index (κ3) is 2.84. The monoisotopic (exact) mass is 223 g/mol. The summed E-state index contributed by atoms with van der Waals surface area (Å²) in [6, 6.07) is 2.03. The lowest BCUT2D eigenvalue weighted by Crippen LogP contribution is -2.18. The van der Waals surface area contributed by atoms with Crippen molar-refractivity contribution < 1.29 is 0 Å². The highest BCUT2D eigenvalue weighted by Gasteiger charge is 1.98. The van der Waals surface area contributed by atoms with Crippen LogP contribution in [0, 0.1) is 0 Å². The minimum absolute atomic E-state index is 0.786. The molecule has 0 aliphatic heterocycles. The number of aryl methyl sites for hydroxylation is 1. The van der Waals surface area contributed by atoms with Crippen molar-refractivity contribution in [1.29, 1.82) is 0 Å². The molecule has 0 radical (unpaired) electrons. The van der Waals surface area contributed by atoms with Gasteiger partial charge < -0.3 is 5.32 Å². The number of rotatable bonds is 5. The average molecular weight is 223 g/mol. The van der Waals surface area contributed by atoms with Crippen molar-refractivity contribution in [2.45, 2.75) is 13.0 Å². The number of nitrogens with zero attached hydrogens (tertiary/aromatic N) is 4. The van der Waals surface area contributed by atoms with Crippen molar-refractivity contribution >= 4 is 11.5 Å². The van der Waals surface area contributed by atoms with Crippen LogP contribution in [-0.4, -0.2) is 25.9 Å². The predicted molar refractivity (Wildman–Crippen MR) is 58.5 cm³/mol. The molecule has 15 heavy (non-hydrogen) atoms. The fourth-order valence-electron chi connectivity index (χ4n) is 1.34. The minimum atomic E-state index is 0.786. The van der Waals surface area contributed by atoms with E-state index >= 15 is 0 Å². The van der Waals surface area contributed by atoms with E-state index in [0.29, 0.717) is 0 Å². The number of hydrogen-bond acceptors (Lipinski definition) is 5. The largest absolute Gasteiger partial charge is 0.311 e. The van der Waals surface area contributed by atoms with E-state index in [0.717, 1.165) is 25.2 Å². The van der Waals surface area contributed by atoms with Crippen molar-refractivity contribution in [2.75, 3.05) is 6.54 Å². The maximum absolute atomic E-state index is 4.11. The van der Waals surface area contributed by atoms with E-state index in [2.05, 4.69) is 20.0 Å². The lowest BCUT2D eigenvalue weighted by atomic mass is 10.3. The van der Waals surface area contributed by atoms with Gasteiger partial charge in [-0.2, -0.15) is 5.10 Å². The topological polar surface area (TPSA) is 55.6 Å². The van der Waals surface area contributed by atoms with E-state index in [-0.39, 0.29) is 0 Å². The Hall–Kier alpha value is -1.27. The van der Waals surface area contributed by atoms with Gasteiger partial charge in [-0.05, 0) is 17.6 Å². The molecule has 0 amide bonds. The molecule has 0 aliphatic carbocycles. The molecule has 2 aromatic heterocycles. The van der Waals surface area contributed by atoms with Crippen LogP contribution >= 0.6 is 11.5 Å². The Kier molecular flexibility index (Phi) is 3.41. The Labute approximate surface area is 92.3 Å². The summed E-state index contributed by atoms with van der Waals surface area (Å²) in [5, 5.41) is 13.3. The molecule has 0 saturated carbocycles. The van der Waals surface area contributed by atoms with Crippen LogP contribution < -0.4 is 5.32 Å². The Morgan fingerprint density at radius 3 is 3.13 bits per heavy atom. The van der Waals surface area contributed by atoms with Gasteiger partial charge in [0.1, 0.15) is 0 Å². The van der Waals surface area contributed by atoms with Crippen molar-refractivity contribution in [1.82, 2.24) is 24.7 Å². The Morgan fingerprint density at radius 1 is 1.53 bits per heavy atom.